The number of hydrogen-bond acceptors (Lipinski definition) is 3. The second kappa shape index (κ2) is 8.51. The molecule has 70 valence electrons. The molecule has 0 amide bonds. The molecule has 0 radical (unpaired) electrons. The lowest BCUT2D eigenvalue weighted by Crippen LogP contribution is -2.28. The third-order valence-electron chi connectivity index (χ3n) is 1.62. The van der Waals surface area contributed by atoms with Crippen molar-refractivity contribution >= 4 is 0 Å². The van der Waals surface area contributed by atoms with E-state index in [4.69, 9.17) is 10.00 Å². The largest absolute Gasteiger partial charge is 0.382 e. The number of ether oxygens (including phenoxy) is 1. The van der Waals surface area contributed by atoms with Crippen LogP contribution in [0.3, 0.4) is 0 Å². The van der Waals surface area contributed by atoms with Crippen molar-refractivity contribution in [3.63, 3.8) is 0 Å². The quantitative estimate of drug-likeness (QED) is 0.586. The van der Waals surface area contributed by atoms with Gasteiger partial charge >= 0.3 is 0 Å². The molecule has 3 heteroatoms. The van der Waals surface area contributed by atoms with Crippen molar-refractivity contribution in [3.8, 4) is 6.07 Å². The van der Waals surface area contributed by atoms with E-state index in [0.29, 0.717) is 0 Å². The van der Waals surface area contributed by atoms with Crippen LogP contribution in [0, 0.1) is 11.3 Å². The highest BCUT2D eigenvalue weighted by molar-refractivity contribution is 4.87. The molecular weight excluding hydrogens is 152 g/mol. The highest BCUT2D eigenvalue weighted by Crippen LogP contribution is 1.88. The fourth-order valence-electron chi connectivity index (χ4n) is 0.876. The van der Waals surface area contributed by atoms with Crippen LogP contribution in [0.2, 0.25) is 0 Å². The SMILES string of the molecule is CCOCCCNC(C#N)CC. The van der Waals surface area contributed by atoms with E-state index in [-0.39, 0.29) is 6.04 Å². The molecule has 1 unspecified atom stereocenters. The first-order valence-corrected chi connectivity index (χ1v) is 4.55. The number of nitrogens with zero attached hydrogens (tertiary/aromatic N) is 1. The van der Waals surface area contributed by atoms with Crippen LogP contribution in [0.4, 0.5) is 0 Å². The predicted molar refractivity (Wildman–Crippen MR) is 48.8 cm³/mol. The molecule has 12 heavy (non-hydrogen) atoms. The van der Waals surface area contributed by atoms with E-state index in [9.17, 15) is 0 Å². The Hall–Kier alpha value is -0.590. The van der Waals surface area contributed by atoms with E-state index < -0.39 is 0 Å². The fourth-order valence-corrected chi connectivity index (χ4v) is 0.876. The summed E-state index contributed by atoms with van der Waals surface area (Å²) in [4.78, 5) is 0. The molecule has 0 aromatic carbocycles. The summed E-state index contributed by atoms with van der Waals surface area (Å²) in [6, 6.07) is 2.20. The number of rotatable bonds is 7. The van der Waals surface area contributed by atoms with Crippen molar-refractivity contribution in [3.05, 3.63) is 0 Å². The van der Waals surface area contributed by atoms with Gasteiger partial charge in [-0.1, -0.05) is 6.92 Å². The molecule has 0 saturated carbocycles. The van der Waals surface area contributed by atoms with Gasteiger partial charge in [0.2, 0.25) is 0 Å². The molecular formula is C9H18N2O. The highest BCUT2D eigenvalue weighted by atomic mass is 16.5. The van der Waals surface area contributed by atoms with Crippen LogP contribution < -0.4 is 5.32 Å². The van der Waals surface area contributed by atoms with Gasteiger partial charge in [0, 0.05) is 13.2 Å². The molecule has 0 saturated heterocycles. The topological polar surface area (TPSA) is 45.0 Å². The molecule has 0 rings (SSSR count). The molecule has 0 aromatic heterocycles. The maximum atomic E-state index is 8.58. The first-order valence-electron chi connectivity index (χ1n) is 4.55. The molecule has 0 fully saturated rings. The average Bonchev–Trinajstić information content (AvgIpc) is 2.11. The third-order valence-corrected chi connectivity index (χ3v) is 1.62. The molecule has 0 aliphatic carbocycles. The third kappa shape index (κ3) is 6.14. The van der Waals surface area contributed by atoms with Crippen molar-refractivity contribution in [2.75, 3.05) is 19.8 Å². The maximum Gasteiger partial charge on any atom is 0.0950 e. The zero-order valence-electron chi connectivity index (χ0n) is 7.97. The van der Waals surface area contributed by atoms with Gasteiger partial charge in [-0.05, 0) is 26.3 Å². The van der Waals surface area contributed by atoms with Gasteiger partial charge in [-0.3, -0.25) is 0 Å². The minimum atomic E-state index is 0.00614. The van der Waals surface area contributed by atoms with Crippen LogP contribution in [0.1, 0.15) is 26.7 Å². The lowest BCUT2D eigenvalue weighted by molar-refractivity contribution is 0.144. The molecule has 3 nitrogen and oxygen atoms in total. The molecule has 0 heterocycles. The van der Waals surface area contributed by atoms with Gasteiger partial charge in [0.05, 0.1) is 12.1 Å². The van der Waals surface area contributed by atoms with Crippen LogP contribution >= 0.6 is 0 Å². The van der Waals surface area contributed by atoms with Crippen LogP contribution in [-0.4, -0.2) is 25.8 Å². The molecule has 0 aromatic rings. The molecule has 0 aliphatic rings. The van der Waals surface area contributed by atoms with Crippen LogP contribution in [0.5, 0.6) is 0 Å². The standard InChI is InChI=1S/C9H18N2O/c1-3-9(8-10)11-6-5-7-12-4-2/h9,11H,3-7H2,1-2H3. The van der Waals surface area contributed by atoms with Crippen LogP contribution in [0.15, 0.2) is 0 Å². The van der Waals surface area contributed by atoms with E-state index in [0.717, 1.165) is 32.6 Å². The summed E-state index contributed by atoms with van der Waals surface area (Å²) in [6.45, 7) is 6.41. The fraction of sp³-hybridized carbons (Fsp3) is 0.889. The first-order chi connectivity index (χ1) is 5.85. The van der Waals surface area contributed by atoms with Crippen molar-refractivity contribution in [1.29, 1.82) is 5.26 Å². The Labute approximate surface area is 74.7 Å². The van der Waals surface area contributed by atoms with Crippen molar-refractivity contribution in [2.45, 2.75) is 32.7 Å². The summed E-state index contributed by atoms with van der Waals surface area (Å²) in [5, 5.41) is 11.7. The van der Waals surface area contributed by atoms with Crippen LogP contribution in [0.25, 0.3) is 0 Å². The summed E-state index contributed by atoms with van der Waals surface area (Å²) >= 11 is 0. The minimum Gasteiger partial charge on any atom is -0.382 e. The maximum absolute atomic E-state index is 8.58. The van der Waals surface area contributed by atoms with E-state index in [1.807, 2.05) is 13.8 Å². The Morgan fingerprint density at radius 1 is 1.50 bits per heavy atom. The van der Waals surface area contributed by atoms with Crippen LogP contribution in [-0.2, 0) is 4.74 Å². The summed E-state index contributed by atoms with van der Waals surface area (Å²) < 4.78 is 5.16. The van der Waals surface area contributed by atoms with E-state index >= 15 is 0 Å². The van der Waals surface area contributed by atoms with Gasteiger partial charge in [-0.2, -0.15) is 5.26 Å². The molecule has 1 N–H and O–H groups in total. The zero-order chi connectivity index (χ0) is 9.23. The van der Waals surface area contributed by atoms with E-state index in [1.165, 1.54) is 0 Å². The Morgan fingerprint density at radius 2 is 2.25 bits per heavy atom. The normalized spacial score (nSPS) is 12.4. The number of nitriles is 1. The Morgan fingerprint density at radius 3 is 2.75 bits per heavy atom. The van der Waals surface area contributed by atoms with Gasteiger partial charge in [0.1, 0.15) is 0 Å². The lowest BCUT2D eigenvalue weighted by atomic mass is 10.2. The smallest absolute Gasteiger partial charge is 0.0950 e. The molecule has 0 bridgehead atoms. The summed E-state index contributed by atoms with van der Waals surface area (Å²) in [5.74, 6) is 0. The Kier molecular flexibility index (Phi) is 8.09. The van der Waals surface area contributed by atoms with Gasteiger partial charge in [0.25, 0.3) is 0 Å². The lowest BCUT2D eigenvalue weighted by Gasteiger charge is -2.07. The van der Waals surface area contributed by atoms with Crippen molar-refractivity contribution in [2.24, 2.45) is 0 Å². The van der Waals surface area contributed by atoms with Crippen molar-refractivity contribution in [1.82, 2.24) is 5.32 Å². The Bertz CT molecular complexity index is 131. The minimum absolute atomic E-state index is 0.00614. The highest BCUT2D eigenvalue weighted by Gasteiger charge is 2.00. The van der Waals surface area contributed by atoms with Crippen molar-refractivity contribution < 1.29 is 4.74 Å². The Balaban J connectivity index is 3.13. The summed E-state index contributed by atoms with van der Waals surface area (Å²) in [5.41, 5.74) is 0. The zero-order valence-corrected chi connectivity index (χ0v) is 7.97. The molecule has 0 spiro atoms. The molecule has 1 atom stereocenters. The summed E-state index contributed by atoms with van der Waals surface area (Å²) in [7, 11) is 0. The van der Waals surface area contributed by atoms with E-state index in [1.54, 1.807) is 0 Å². The second-order valence-corrected chi connectivity index (χ2v) is 2.59. The van der Waals surface area contributed by atoms with E-state index in [2.05, 4.69) is 11.4 Å². The van der Waals surface area contributed by atoms with Gasteiger partial charge < -0.3 is 10.1 Å². The molecule has 0 aliphatic heterocycles. The second-order valence-electron chi connectivity index (χ2n) is 2.59. The average molecular weight is 170 g/mol. The van der Waals surface area contributed by atoms with Gasteiger partial charge in [-0.25, -0.2) is 0 Å². The van der Waals surface area contributed by atoms with Gasteiger partial charge in [-0.15, -0.1) is 0 Å². The predicted octanol–water partition coefficient (Wildman–Crippen LogP) is 1.30. The summed E-state index contributed by atoms with van der Waals surface area (Å²) in [6.07, 6.45) is 1.84. The monoisotopic (exact) mass is 170 g/mol. The first kappa shape index (κ1) is 11.4. The number of nitrogens with one attached hydrogen (secondary N) is 1. The number of hydrogen-bond donors (Lipinski definition) is 1. The van der Waals surface area contributed by atoms with Gasteiger partial charge in [0.15, 0.2) is 0 Å².